The standard InChI is InChI=1S/C7H14O4/c1-7(6-9-3-2-8)10-4-5-11-7/h8H,2-6H2,1H3. The van der Waals surface area contributed by atoms with E-state index in [-0.39, 0.29) is 6.61 Å². The predicted molar refractivity (Wildman–Crippen MR) is 38.2 cm³/mol. The maximum atomic E-state index is 8.42. The van der Waals surface area contributed by atoms with Crippen LogP contribution in [0.1, 0.15) is 6.92 Å². The molecule has 0 bridgehead atoms. The molecule has 0 unspecified atom stereocenters. The monoisotopic (exact) mass is 162 g/mol. The van der Waals surface area contributed by atoms with Gasteiger partial charge in [0.25, 0.3) is 0 Å². The largest absolute Gasteiger partial charge is 0.394 e. The summed E-state index contributed by atoms with van der Waals surface area (Å²) in [6, 6.07) is 0. The smallest absolute Gasteiger partial charge is 0.189 e. The van der Waals surface area contributed by atoms with Gasteiger partial charge in [-0.3, -0.25) is 0 Å². The Hall–Kier alpha value is -0.160. The topological polar surface area (TPSA) is 47.9 Å². The summed E-state index contributed by atoms with van der Waals surface area (Å²) in [6.07, 6.45) is 0. The minimum Gasteiger partial charge on any atom is -0.394 e. The van der Waals surface area contributed by atoms with Gasteiger partial charge in [0.2, 0.25) is 0 Å². The van der Waals surface area contributed by atoms with Gasteiger partial charge in [-0.1, -0.05) is 0 Å². The third-order valence-electron chi connectivity index (χ3n) is 1.50. The highest BCUT2D eigenvalue weighted by molar-refractivity contribution is 4.66. The maximum Gasteiger partial charge on any atom is 0.189 e. The lowest BCUT2D eigenvalue weighted by atomic mass is 10.3. The quantitative estimate of drug-likeness (QED) is 0.579. The van der Waals surface area contributed by atoms with Crippen molar-refractivity contribution in [1.82, 2.24) is 0 Å². The summed E-state index contributed by atoms with van der Waals surface area (Å²) >= 11 is 0. The van der Waals surface area contributed by atoms with Crippen LogP contribution >= 0.6 is 0 Å². The van der Waals surface area contributed by atoms with Gasteiger partial charge in [0, 0.05) is 0 Å². The van der Waals surface area contributed by atoms with Crippen LogP contribution in [0.4, 0.5) is 0 Å². The molecule has 4 heteroatoms. The first-order valence-electron chi connectivity index (χ1n) is 3.73. The summed E-state index contributed by atoms with van der Waals surface area (Å²) in [5, 5.41) is 8.42. The number of aliphatic hydroxyl groups excluding tert-OH is 1. The molecule has 0 aliphatic carbocycles. The fraction of sp³-hybridized carbons (Fsp3) is 1.00. The fourth-order valence-corrected chi connectivity index (χ4v) is 0.962. The van der Waals surface area contributed by atoms with Crippen molar-refractivity contribution in [2.45, 2.75) is 12.7 Å². The molecule has 0 aromatic heterocycles. The van der Waals surface area contributed by atoms with Crippen molar-refractivity contribution < 1.29 is 19.3 Å². The van der Waals surface area contributed by atoms with Gasteiger partial charge in [-0.05, 0) is 6.92 Å². The predicted octanol–water partition coefficient (Wildman–Crippen LogP) is -0.242. The summed E-state index contributed by atoms with van der Waals surface area (Å²) < 4.78 is 15.6. The van der Waals surface area contributed by atoms with E-state index < -0.39 is 5.79 Å². The Morgan fingerprint density at radius 2 is 2.09 bits per heavy atom. The molecule has 66 valence electrons. The van der Waals surface area contributed by atoms with Crippen molar-refractivity contribution in [2.75, 3.05) is 33.0 Å². The van der Waals surface area contributed by atoms with Crippen LogP contribution < -0.4 is 0 Å². The highest BCUT2D eigenvalue weighted by Crippen LogP contribution is 2.18. The van der Waals surface area contributed by atoms with Gasteiger partial charge in [-0.2, -0.15) is 0 Å². The zero-order valence-electron chi connectivity index (χ0n) is 6.71. The first-order chi connectivity index (χ1) is 5.27. The Labute approximate surface area is 66.1 Å². The van der Waals surface area contributed by atoms with Crippen molar-refractivity contribution >= 4 is 0 Å². The number of hydrogen-bond donors (Lipinski definition) is 1. The Kier molecular flexibility index (Phi) is 3.26. The summed E-state index contributed by atoms with van der Waals surface area (Å²) in [7, 11) is 0. The number of rotatable bonds is 4. The van der Waals surface area contributed by atoms with Gasteiger partial charge in [-0.25, -0.2) is 0 Å². The molecule has 1 fully saturated rings. The van der Waals surface area contributed by atoms with E-state index in [4.69, 9.17) is 19.3 Å². The SMILES string of the molecule is CC1(COCCO)OCCO1. The highest BCUT2D eigenvalue weighted by Gasteiger charge is 2.30. The molecule has 0 amide bonds. The van der Waals surface area contributed by atoms with Crippen LogP contribution in [0.2, 0.25) is 0 Å². The van der Waals surface area contributed by atoms with Crippen molar-refractivity contribution in [3.8, 4) is 0 Å². The zero-order valence-corrected chi connectivity index (χ0v) is 6.71. The average Bonchev–Trinajstić information content (AvgIpc) is 2.38. The normalized spacial score (nSPS) is 22.4. The molecule has 1 saturated heterocycles. The van der Waals surface area contributed by atoms with E-state index in [1.807, 2.05) is 6.92 Å². The molecule has 0 radical (unpaired) electrons. The minimum atomic E-state index is -0.588. The minimum absolute atomic E-state index is 0.0378. The van der Waals surface area contributed by atoms with E-state index in [0.29, 0.717) is 26.4 Å². The molecule has 4 nitrogen and oxygen atoms in total. The van der Waals surface area contributed by atoms with Crippen LogP contribution in [0.25, 0.3) is 0 Å². The van der Waals surface area contributed by atoms with E-state index in [9.17, 15) is 0 Å². The first-order valence-corrected chi connectivity index (χ1v) is 3.73. The number of aliphatic hydroxyl groups is 1. The van der Waals surface area contributed by atoms with Crippen molar-refractivity contribution in [1.29, 1.82) is 0 Å². The van der Waals surface area contributed by atoms with Gasteiger partial charge < -0.3 is 19.3 Å². The first kappa shape index (κ1) is 8.93. The third kappa shape index (κ3) is 2.75. The molecule has 0 atom stereocenters. The Balaban J connectivity index is 2.13. The molecule has 1 aliphatic heterocycles. The summed E-state index contributed by atoms with van der Waals surface area (Å²) in [4.78, 5) is 0. The van der Waals surface area contributed by atoms with Crippen LogP contribution in [-0.4, -0.2) is 43.9 Å². The van der Waals surface area contributed by atoms with E-state index in [1.165, 1.54) is 0 Å². The lowest BCUT2D eigenvalue weighted by molar-refractivity contribution is -0.181. The molecule has 1 N–H and O–H groups in total. The molecule has 1 heterocycles. The van der Waals surface area contributed by atoms with Crippen molar-refractivity contribution in [3.05, 3.63) is 0 Å². The molecular formula is C7H14O4. The van der Waals surface area contributed by atoms with E-state index in [0.717, 1.165) is 0 Å². The second kappa shape index (κ2) is 4.01. The Morgan fingerprint density at radius 3 is 2.64 bits per heavy atom. The molecule has 0 saturated carbocycles. The van der Waals surface area contributed by atoms with E-state index in [1.54, 1.807) is 0 Å². The van der Waals surface area contributed by atoms with Gasteiger partial charge in [0.05, 0.1) is 26.4 Å². The third-order valence-corrected chi connectivity index (χ3v) is 1.50. The van der Waals surface area contributed by atoms with E-state index in [2.05, 4.69) is 0 Å². The fourth-order valence-electron chi connectivity index (χ4n) is 0.962. The highest BCUT2D eigenvalue weighted by atomic mass is 16.7. The molecule has 1 aliphatic rings. The Bertz CT molecular complexity index is 109. The lowest BCUT2D eigenvalue weighted by Crippen LogP contribution is -2.32. The average molecular weight is 162 g/mol. The lowest BCUT2D eigenvalue weighted by Gasteiger charge is -2.21. The maximum absolute atomic E-state index is 8.42. The van der Waals surface area contributed by atoms with Gasteiger partial charge in [-0.15, -0.1) is 0 Å². The number of ether oxygens (including phenoxy) is 3. The van der Waals surface area contributed by atoms with Crippen LogP contribution in [0.3, 0.4) is 0 Å². The second-order valence-electron chi connectivity index (χ2n) is 2.61. The van der Waals surface area contributed by atoms with Crippen LogP contribution in [-0.2, 0) is 14.2 Å². The van der Waals surface area contributed by atoms with Crippen molar-refractivity contribution in [2.24, 2.45) is 0 Å². The van der Waals surface area contributed by atoms with Crippen LogP contribution in [0, 0.1) is 0 Å². The van der Waals surface area contributed by atoms with E-state index >= 15 is 0 Å². The zero-order chi connectivity index (χ0) is 8.16. The van der Waals surface area contributed by atoms with Crippen molar-refractivity contribution in [3.63, 3.8) is 0 Å². The number of hydrogen-bond acceptors (Lipinski definition) is 4. The molecule has 0 aromatic carbocycles. The summed E-state index contributed by atoms with van der Waals surface area (Å²) in [5.74, 6) is -0.588. The molecule has 0 spiro atoms. The van der Waals surface area contributed by atoms with Crippen LogP contribution in [0.5, 0.6) is 0 Å². The summed E-state index contributed by atoms with van der Waals surface area (Å²) in [5.41, 5.74) is 0. The molecule has 11 heavy (non-hydrogen) atoms. The van der Waals surface area contributed by atoms with Gasteiger partial charge in [0.1, 0.15) is 6.61 Å². The van der Waals surface area contributed by atoms with Gasteiger partial charge in [0.15, 0.2) is 5.79 Å². The summed E-state index contributed by atoms with van der Waals surface area (Å²) in [6.45, 7) is 3.83. The van der Waals surface area contributed by atoms with Gasteiger partial charge >= 0.3 is 0 Å². The molecular weight excluding hydrogens is 148 g/mol. The Morgan fingerprint density at radius 1 is 1.45 bits per heavy atom. The molecule has 1 rings (SSSR count). The van der Waals surface area contributed by atoms with Crippen LogP contribution in [0.15, 0.2) is 0 Å². The molecule has 0 aromatic rings. The second-order valence-corrected chi connectivity index (χ2v) is 2.61.